The molecule has 0 amide bonds. The highest BCUT2D eigenvalue weighted by atomic mass is 15.2. The molecule has 0 N–H and O–H groups in total. The number of fused-ring (bicyclic) bond motifs is 12. The Kier molecular flexibility index (Phi) is 7.07. The molecule has 2 aliphatic carbocycles. The third-order valence-corrected chi connectivity index (χ3v) is 13.5. The molecule has 0 radical (unpaired) electrons. The minimum Gasteiger partial charge on any atom is -0.333 e. The van der Waals surface area contributed by atoms with Gasteiger partial charge in [0.05, 0.1) is 50.5 Å². The highest BCUT2D eigenvalue weighted by molar-refractivity contribution is 6.32. The number of hydrogen-bond donors (Lipinski definition) is 0. The number of nitrogens with zero attached hydrogens (tertiary/aromatic N) is 4. The van der Waals surface area contributed by atoms with Crippen molar-refractivity contribution in [1.29, 1.82) is 0 Å². The van der Waals surface area contributed by atoms with Gasteiger partial charge in [0.25, 0.3) is 0 Å². The first-order valence-electron chi connectivity index (χ1n) is 21.4. The molecule has 4 heterocycles. The summed E-state index contributed by atoms with van der Waals surface area (Å²) in [5, 5.41) is 10.3. The van der Waals surface area contributed by atoms with Crippen LogP contribution in [0, 0.1) is 6.92 Å². The van der Waals surface area contributed by atoms with E-state index in [4.69, 9.17) is 0 Å². The van der Waals surface area contributed by atoms with E-state index in [1.54, 1.807) is 0 Å². The Morgan fingerprint density at radius 3 is 1.75 bits per heavy atom. The second-order valence-corrected chi connectivity index (χ2v) is 16.8. The summed E-state index contributed by atoms with van der Waals surface area (Å²) < 4.78 is 5.12. The monoisotopic (exact) mass is 770 g/mol. The van der Waals surface area contributed by atoms with Gasteiger partial charge in [0.2, 0.25) is 0 Å². The van der Waals surface area contributed by atoms with E-state index in [9.17, 15) is 0 Å². The van der Waals surface area contributed by atoms with E-state index >= 15 is 0 Å². The topological polar surface area (TPSA) is 15.3 Å². The standard InChI is InChI=1S/C56H42N4/c1-35-17-9-13-25-45(35)57(37-19-5-3-6-20-37)49-31-29-39-43-33-52-44(34-51(43)59-47-27-15-11-23-41(47)53(49)55(39)59)40-30-32-50(54-42-24-12-16-28-48(42)60(52)56(40)54)58(38-21-7-4-8-22-38)46-26-14-10-18-36(46)2/h3-9,11-13,15-19,21-34,37H,10,14,20H2,1-2H3. The van der Waals surface area contributed by atoms with E-state index in [0.717, 1.165) is 19.3 Å². The van der Waals surface area contributed by atoms with Gasteiger partial charge in [-0.15, -0.1) is 0 Å². The zero-order chi connectivity index (χ0) is 39.6. The van der Waals surface area contributed by atoms with Gasteiger partial charge in [-0.05, 0) is 98.8 Å². The van der Waals surface area contributed by atoms with Gasteiger partial charge >= 0.3 is 0 Å². The van der Waals surface area contributed by atoms with Crippen molar-refractivity contribution in [3.05, 3.63) is 193 Å². The summed E-state index contributed by atoms with van der Waals surface area (Å²) in [5.74, 6) is 0. The number of para-hydroxylation sites is 4. The quantitative estimate of drug-likeness (QED) is 0.167. The highest BCUT2D eigenvalue weighted by Crippen LogP contribution is 2.51. The lowest BCUT2D eigenvalue weighted by molar-refractivity contribution is 0.785. The van der Waals surface area contributed by atoms with E-state index < -0.39 is 0 Å². The number of allylic oxidation sites excluding steroid dienone is 5. The molecule has 0 spiro atoms. The summed E-state index contributed by atoms with van der Waals surface area (Å²) in [6.45, 7) is 4.50. The van der Waals surface area contributed by atoms with Gasteiger partial charge in [-0.2, -0.15) is 0 Å². The maximum Gasteiger partial charge on any atom is 0.0641 e. The van der Waals surface area contributed by atoms with Crippen LogP contribution in [-0.2, 0) is 0 Å². The van der Waals surface area contributed by atoms with Gasteiger partial charge in [-0.3, -0.25) is 0 Å². The molecule has 7 aromatic carbocycles. The molecule has 11 aromatic rings. The van der Waals surface area contributed by atoms with Crippen molar-refractivity contribution in [3.63, 3.8) is 0 Å². The second-order valence-electron chi connectivity index (χ2n) is 16.8. The van der Waals surface area contributed by atoms with Gasteiger partial charge in [-0.1, -0.05) is 121 Å². The third-order valence-electron chi connectivity index (χ3n) is 13.5. The predicted molar refractivity (Wildman–Crippen MR) is 255 cm³/mol. The molecule has 0 bridgehead atoms. The fraction of sp³-hybridized carbons (Fsp3) is 0.107. The lowest BCUT2D eigenvalue weighted by Gasteiger charge is -2.34. The van der Waals surface area contributed by atoms with Crippen molar-refractivity contribution < 1.29 is 0 Å². The normalized spacial score (nSPS) is 15.9. The molecule has 0 saturated carbocycles. The molecule has 1 unspecified atom stereocenters. The fourth-order valence-electron chi connectivity index (χ4n) is 11.0. The number of aryl methyl sites for hydroxylation is 1. The highest BCUT2D eigenvalue weighted by Gasteiger charge is 2.29. The summed E-state index contributed by atoms with van der Waals surface area (Å²) in [6.07, 6.45) is 16.9. The molecular formula is C56H42N4. The first-order valence-corrected chi connectivity index (χ1v) is 21.4. The summed E-state index contributed by atoms with van der Waals surface area (Å²) in [7, 11) is 0. The Balaban J connectivity index is 1.12. The zero-order valence-electron chi connectivity index (χ0n) is 33.7. The summed E-state index contributed by atoms with van der Waals surface area (Å²) in [5.41, 5.74) is 16.3. The van der Waals surface area contributed by atoms with Crippen LogP contribution in [0.1, 0.15) is 31.7 Å². The van der Waals surface area contributed by atoms with Crippen LogP contribution in [0.4, 0.5) is 22.7 Å². The van der Waals surface area contributed by atoms with Crippen molar-refractivity contribution in [1.82, 2.24) is 8.80 Å². The predicted octanol–water partition coefficient (Wildman–Crippen LogP) is 15.1. The van der Waals surface area contributed by atoms with Crippen LogP contribution in [0.15, 0.2) is 187 Å². The lowest BCUT2D eigenvalue weighted by Crippen LogP contribution is -2.30. The van der Waals surface area contributed by atoms with Crippen LogP contribution in [0.2, 0.25) is 0 Å². The first-order chi connectivity index (χ1) is 29.7. The third kappa shape index (κ3) is 4.51. The molecule has 0 aliphatic heterocycles. The average Bonchev–Trinajstić information content (AvgIpc) is 4.02. The Morgan fingerprint density at radius 1 is 0.500 bits per heavy atom. The van der Waals surface area contributed by atoms with Crippen molar-refractivity contribution in [3.8, 4) is 0 Å². The number of anilines is 4. The second kappa shape index (κ2) is 12.6. The first kappa shape index (κ1) is 33.6. The Hall–Kier alpha value is -7.30. The number of aromatic nitrogens is 2. The Bertz CT molecular complexity index is 3670. The van der Waals surface area contributed by atoms with Gasteiger partial charge in [0.1, 0.15) is 0 Å². The van der Waals surface area contributed by atoms with E-state index in [1.807, 2.05) is 0 Å². The molecule has 4 heteroatoms. The van der Waals surface area contributed by atoms with Crippen molar-refractivity contribution in [2.45, 2.75) is 39.2 Å². The summed E-state index contributed by atoms with van der Waals surface area (Å²) in [6, 6.07) is 52.6. The maximum absolute atomic E-state index is 2.59. The van der Waals surface area contributed by atoms with Crippen LogP contribution in [-0.4, -0.2) is 14.8 Å². The van der Waals surface area contributed by atoms with Gasteiger partial charge in [-0.25, -0.2) is 0 Å². The van der Waals surface area contributed by atoms with Crippen molar-refractivity contribution >= 4 is 98.9 Å². The lowest BCUT2D eigenvalue weighted by atomic mass is 9.99. The van der Waals surface area contributed by atoms with E-state index in [0.29, 0.717) is 0 Å². The van der Waals surface area contributed by atoms with Gasteiger partial charge in [0.15, 0.2) is 0 Å². The number of benzene rings is 7. The molecule has 286 valence electrons. The van der Waals surface area contributed by atoms with Gasteiger partial charge < -0.3 is 18.6 Å². The van der Waals surface area contributed by atoms with Gasteiger partial charge in [0, 0.05) is 60.2 Å². The van der Waals surface area contributed by atoms with Crippen LogP contribution in [0.5, 0.6) is 0 Å². The SMILES string of the molecule is CC1=CCCC=C1N(c1ccccc1)c1ccc2c3cc4c(cc3n3c5ccccc5c1c23)c1ccc(N(c2ccccc2C)C2C=CC=CC2)c2c3ccccc3n4c12. The summed E-state index contributed by atoms with van der Waals surface area (Å²) in [4.78, 5) is 5.09. The van der Waals surface area contributed by atoms with Crippen LogP contribution in [0.25, 0.3) is 76.2 Å². The average molecular weight is 771 g/mol. The number of hydrogen-bond acceptors (Lipinski definition) is 2. The fourth-order valence-corrected chi connectivity index (χ4v) is 11.0. The maximum atomic E-state index is 2.59. The van der Waals surface area contributed by atoms with Crippen molar-refractivity contribution in [2.24, 2.45) is 0 Å². The molecule has 4 nitrogen and oxygen atoms in total. The molecule has 0 fully saturated rings. The number of rotatable bonds is 6. The molecule has 60 heavy (non-hydrogen) atoms. The molecule has 13 rings (SSSR count). The minimum atomic E-state index is 0.206. The Labute approximate surface area is 348 Å². The smallest absolute Gasteiger partial charge is 0.0641 e. The molecule has 1 atom stereocenters. The van der Waals surface area contributed by atoms with Crippen LogP contribution < -0.4 is 9.80 Å². The summed E-state index contributed by atoms with van der Waals surface area (Å²) >= 11 is 0. The van der Waals surface area contributed by atoms with Crippen LogP contribution >= 0.6 is 0 Å². The minimum absolute atomic E-state index is 0.206. The van der Waals surface area contributed by atoms with E-state index in [2.05, 4.69) is 208 Å². The largest absolute Gasteiger partial charge is 0.333 e. The molecule has 2 aliphatic rings. The van der Waals surface area contributed by atoms with E-state index in [1.165, 1.54) is 116 Å². The molecular weight excluding hydrogens is 729 g/mol. The van der Waals surface area contributed by atoms with Crippen LogP contribution in [0.3, 0.4) is 0 Å². The molecule has 0 saturated heterocycles. The van der Waals surface area contributed by atoms with E-state index in [-0.39, 0.29) is 6.04 Å². The molecule has 4 aromatic heterocycles. The Morgan fingerprint density at radius 2 is 1.10 bits per heavy atom. The van der Waals surface area contributed by atoms with Crippen molar-refractivity contribution in [2.75, 3.05) is 9.80 Å². The zero-order valence-corrected chi connectivity index (χ0v) is 33.7.